The third kappa shape index (κ3) is 8.82. The van der Waals surface area contributed by atoms with E-state index in [1.807, 2.05) is 69.3 Å². The molecule has 1 aliphatic heterocycles. The number of amides is 2. The summed E-state index contributed by atoms with van der Waals surface area (Å²) in [5.74, 6) is -0.686. The number of ether oxygens (including phenoxy) is 3. The van der Waals surface area contributed by atoms with Crippen molar-refractivity contribution in [3.05, 3.63) is 119 Å². The molecule has 0 fully saturated rings. The summed E-state index contributed by atoms with van der Waals surface area (Å²) in [5.41, 5.74) is 5.70. The van der Waals surface area contributed by atoms with Crippen molar-refractivity contribution in [2.75, 3.05) is 13.7 Å². The molecule has 0 spiro atoms. The molecule has 1 heterocycles. The van der Waals surface area contributed by atoms with Crippen LogP contribution >= 0.6 is 7.82 Å². The number of nitrogens with one attached hydrogen (secondary N) is 2. The van der Waals surface area contributed by atoms with Gasteiger partial charge in [0.05, 0.1) is 13.7 Å². The zero-order valence-corrected chi connectivity index (χ0v) is 30.2. The van der Waals surface area contributed by atoms with E-state index in [-0.39, 0.29) is 37.7 Å². The van der Waals surface area contributed by atoms with E-state index in [1.165, 1.54) is 13.2 Å². The standard InChI is InChI=1S/C39H41N2O10P/c1-39(2,3)50-27-16-13-24(14-17-27)20-33(41-38(44)48-23-32-30-11-7-5-9-28(30)29-10-6-8-12-31(29)32)36(42)40-34(37(43)47-4)21-25-15-18-35-26(19-25)22-49-52(45,46)51-35/h5-19,32-34H,20-23H2,1-4H3,(H,40,42)(H,41,44)(H,45,46)/t33-,34-/m0/s1. The van der Waals surface area contributed by atoms with Gasteiger partial charge in [0.2, 0.25) is 5.91 Å². The number of phosphoric ester groups is 1. The Bertz CT molecular complexity index is 1960. The molecule has 4 aromatic carbocycles. The summed E-state index contributed by atoms with van der Waals surface area (Å²) in [5, 5.41) is 5.47. The summed E-state index contributed by atoms with van der Waals surface area (Å²) in [6, 6.07) is 25.7. The Hall–Kier alpha value is -5.16. The number of fused-ring (bicyclic) bond motifs is 4. The number of carbonyl (C=O) groups excluding carboxylic acids is 3. The Morgan fingerprint density at radius 2 is 1.48 bits per heavy atom. The average Bonchev–Trinajstić information content (AvgIpc) is 3.43. The molecule has 2 aliphatic rings. The van der Waals surface area contributed by atoms with Gasteiger partial charge in [-0.05, 0) is 78.4 Å². The lowest BCUT2D eigenvalue weighted by atomic mass is 9.98. The first-order valence-electron chi connectivity index (χ1n) is 16.8. The van der Waals surface area contributed by atoms with E-state index in [2.05, 4.69) is 10.6 Å². The van der Waals surface area contributed by atoms with E-state index >= 15 is 0 Å². The van der Waals surface area contributed by atoms with Gasteiger partial charge in [-0.2, -0.15) is 0 Å². The topological polar surface area (TPSA) is 159 Å². The maximum atomic E-state index is 13.9. The second-order valence-electron chi connectivity index (χ2n) is 13.6. The number of benzene rings is 4. The first-order valence-corrected chi connectivity index (χ1v) is 18.3. The third-order valence-corrected chi connectivity index (χ3v) is 9.59. The molecule has 0 aromatic heterocycles. The van der Waals surface area contributed by atoms with Gasteiger partial charge in [-0.25, -0.2) is 14.2 Å². The molecule has 1 unspecified atom stereocenters. The van der Waals surface area contributed by atoms with Crippen LogP contribution < -0.4 is 19.9 Å². The molecule has 0 saturated carbocycles. The quantitative estimate of drug-likeness (QED) is 0.120. The van der Waals surface area contributed by atoms with Gasteiger partial charge in [-0.1, -0.05) is 66.7 Å². The van der Waals surface area contributed by atoms with Crippen LogP contribution in [0.2, 0.25) is 0 Å². The van der Waals surface area contributed by atoms with Crippen LogP contribution in [0.4, 0.5) is 4.79 Å². The van der Waals surface area contributed by atoms with Crippen LogP contribution in [0.15, 0.2) is 91.0 Å². The highest BCUT2D eigenvalue weighted by Gasteiger charge is 2.33. The van der Waals surface area contributed by atoms with Gasteiger partial charge in [0.15, 0.2) is 0 Å². The van der Waals surface area contributed by atoms with Gasteiger partial charge in [0.1, 0.15) is 35.8 Å². The number of hydrogen-bond donors (Lipinski definition) is 3. The zero-order valence-electron chi connectivity index (χ0n) is 29.3. The number of esters is 1. The van der Waals surface area contributed by atoms with Crippen molar-refractivity contribution >= 4 is 25.8 Å². The smallest absolute Gasteiger partial charge is 0.488 e. The summed E-state index contributed by atoms with van der Waals surface area (Å²) in [4.78, 5) is 49.9. The van der Waals surface area contributed by atoms with Crippen molar-refractivity contribution in [2.45, 2.75) is 63.8 Å². The number of carbonyl (C=O) groups is 3. The zero-order chi connectivity index (χ0) is 37.0. The second-order valence-corrected chi connectivity index (χ2v) is 15.0. The number of phosphoric acid groups is 1. The van der Waals surface area contributed by atoms with E-state index in [0.29, 0.717) is 16.9 Å². The highest BCUT2D eigenvalue weighted by atomic mass is 31.2. The van der Waals surface area contributed by atoms with Crippen molar-refractivity contribution < 1.29 is 47.1 Å². The molecule has 52 heavy (non-hydrogen) atoms. The molecule has 272 valence electrons. The highest BCUT2D eigenvalue weighted by molar-refractivity contribution is 7.47. The molecule has 6 rings (SSSR count). The van der Waals surface area contributed by atoms with E-state index in [4.69, 9.17) is 23.3 Å². The van der Waals surface area contributed by atoms with Crippen molar-refractivity contribution in [1.29, 1.82) is 0 Å². The molecule has 4 aromatic rings. The van der Waals surface area contributed by atoms with Gasteiger partial charge in [0.25, 0.3) is 0 Å². The Morgan fingerprint density at radius 3 is 2.12 bits per heavy atom. The minimum atomic E-state index is -4.19. The molecular weight excluding hydrogens is 687 g/mol. The average molecular weight is 729 g/mol. The molecular formula is C39H41N2O10P. The maximum Gasteiger partial charge on any atom is 0.527 e. The largest absolute Gasteiger partial charge is 0.527 e. The predicted octanol–water partition coefficient (Wildman–Crippen LogP) is 6.22. The fourth-order valence-corrected chi connectivity index (χ4v) is 7.16. The predicted molar refractivity (Wildman–Crippen MR) is 192 cm³/mol. The SMILES string of the molecule is COC(=O)[C@H](Cc1ccc2c(c1)COP(=O)(O)O2)NC(=O)[C@H](Cc1ccc(OC(C)(C)C)cc1)NC(=O)OCC1c2ccccc2-c2ccccc21. The summed E-state index contributed by atoms with van der Waals surface area (Å²) < 4.78 is 38.4. The van der Waals surface area contributed by atoms with Crippen LogP contribution in [0.3, 0.4) is 0 Å². The van der Waals surface area contributed by atoms with E-state index in [1.54, 1.807) is 36.4 Å². The van der Waals surface area contributed by atoms with Gasteiger partial charge in [-0.3, -0.25) is 14.2 Å². The Morgan fingerprint density at radius 1 is 0.865 bits per heavy atom. The first-order chi connectivity index (χ1) is 24.8. The van der Waals surface area contributed by atoms with Crippen molar-refractivity contribution in [3.8, 4) is 22.6 Å². The maximum absolute atomic E-state index is 13.9. The van der Waals surface area contributed by atoms with Crippen LogP contribution in [0, 0.1) is 0 Å². The summed E-state index contributed by atoms with van der Waals surface area (Å²) in [7, 11) is -2.98. The lowest BCUT2D eigenvalue weighted by Gasteiger charge is -2.24. The van der Waals surface area contributed by atoms with Crippen molar-refractivity contribution in [2.24, 2.45) is 0 Å². The summed E-state index contributed by atoms with van der Waals surface area (Å²) >= 11 is 0. The molecule has 1 aliphatic carbocycles. The Balaban J connectivity index is 1.19. The van der Waals surface area contributed by atoms with E-state index in [9.17, 15) is 23.8 Å². The second kappa shape index (κ2) is 15.2. The monoisotopic (exact) mass is 728 g/mol. The van der Waals surface area contributed by atoms with E-state index < -0.39 is 43.5 Å². The molecule has 13 heteroatoms. The van der Waals surface area contributed by atoms with Crippen molar-refractivity contribution in [3.63, 3.8) is 0 Å². The minimum absolute atomic E-state index is 0.0129. The number of methoxy groups -OCH3 is 1. The van der Waals surface area contributed by atoms with Crippen LogP contribution in [0.25, 0.3) is 11.1 Å². The van der Waals surface area contributed by atoms with Crippen LogP contribution in [-0.2, 0) is 47.6 Å². The summed E-state index contributed by atoms with van der Waals surface area (Å²) in [6.07, 6.45) is -0.701. The fourth-order valence-electron chi connectivity index (χ4n) is 6.38. The lowest BCUT2D eigenvalue weighted by molar-refractivity contribution is -0.145. The van der Waals surface area contributed by atoms with Crippen molar-refractivity contribution in [1.82, 2.24) is 10.6 Å². The molecule has 12 nitrogen and oxygen atoms in total. The number of alkyl carbamates (subject to hydrolysis) is 1. The van der Waals surface area contributed by atoms with Gasteiger partial charge < -0.3 is 29.4 Å². The first kappa shape index (κ1) is 36.6. The van der Waals surface area contributed by atoms with E-state index in [0.717, 1.165) is 27.8 Å². The summed E-state index contributed by atoms with van der Waals surface area (Å²) in [6.45, 7) is 5.70. The Kier molecular flexibility index (Phi) is 10.7. The normalized spacial score (nSPS) is 17.3. The molecule has 2 amide bonds. The third-order valence-electron chi connectivity index (χ3n) is 8.70. The number of rotatable bonds is 11. The molecule has 3 N–H and O–H groups in total. The Labute approximate surface area is 302 Å². The minimum Gasteiger partial charge on any atom is -0.488 e. The van der Waals surface area contributed by atoms with Gasteiger partial charge in [0, 0.05) is 24.3 Å². The lowest BCUT2D eigenvalue weighted by Crippen LogP contribution is -2.53. The van der Waals surface area contributed by atoms with Gasteiger partial charge >= 0.3 is 19.9 Å². The van der Waals surface area contributed by atoms with Gasteiger partial charge in [-0.15, -0.1) is 0 Å². The highest BCUT2D eigenvalue weighted by Crippen LogP contribution is 2.50. The number of hydrogen-bond acceptors (Lipinski definition) is 9. The molecule has 3 atom stereocenters. The molecule has 0 radical (unpaired) electrons. The molecule has 0 saturated heterocycles. The fraction of sp³-hybridized carbons (Fsp3) is 0.308. The van der Waals surface area contributed by atoms with Crippen LogP contribution in [0.1, 0.15) is 54.5 Å². The molecule has 0 bridgehead atoms. The van der Waals surface area contributed by atoms with Crippen LogP contribution in [-0.4, -0.2) is 54.3 Å². The van der Waals surface area contributed by atoms with Crippen LogP contribution in [0.5, 0.6) is 11.5 Å².